The first-order chi connectivity index (χ1) is 11.0. The molecule has 1 aromatic heterocycles. The molecule has 0 spiro atoms. The highest BCUT2D eigenvalue weighted by Gasteiger charge is 2.11. The third-order valence-corrected chi connectivity index (χ3v) is 2.33. The number of benzene rings is 1. The number of amides is 1. The third-order valence-electron chi connectivity index (χ3n) is 2.33. The van der Waals surface area contributed by atoms with Crippen molar-refractivity contribution >= 4 is 23.5 Å². The van der Waals surface area contributed by atoms with Gasteiger partial charge >= 0.3 is 6.09 Å². The minimum absolute atomic E-state index is 0.109. The first-order valence-electron chi connectivity index (χ1n) is 6.75. The summed E-state index contributed by atoms with van der Waals surface area (Å²) in [7, 11) is 0. The highest BCUT2D eigenvalue weighted by molar-refractivity contribution is 5.87. The smallest absolute Gasteiger partial charge is 0.409 e. The van der Waals surface area contributed by atoms with E-state index in [2.05, 4.69) is 10.4 Å². The van der Waals surface area contributed by atoms with E-state index in [1.54, 1.807) is 0 Å². The zero-order valence-corrected chi connectivity index (χ0v) is 12.8. The number of anilines is 1. The fraction of sp³-hybridized carbons (Fsp3) is 0.214. The number of nitrogens with zero attached hydrogens (tertiary/aromatic N) is 3. The minimum atomic E-state index is -0.805. The molecule has 0 fully saturated rings. The molecule has 0 saturated carbocycles. The molecule has 0 unspecified atom stereocenters. The molecule has 0 bridgehead atoms. The lowest BCUT2D eigenvalue weighted by molar-refractivity contribution is -0.384. The lowest BCUT2D eigenvalue weighted by Crippen LogP contribution is -2.18. The highest BCUT2D eigenvalue weighted by atomic mass is 16.6. The van der Waals surface area contributed by atoms with E-state index in [4.69, 9.17) is 4.74 Å². The van der Waals surface area contributed by atoms with E-state index >= 15 is 0 Å². The monoisotopic (exact) mass is 320 g/mol. The lowest BCUT2D eigenvalue weighted by atomic mass is 10.3. The van der Waals surface area contributed by atoms with Crippen molar-refractivity contribution in [3.05, 3.63) is 46.6 Å². The van der Waals surface area contributed by atoms with Gasteiger partial charge in [-0.3, -0.25) is 14.9 Å². The molecule has 1 N–H and O–H groups in total. The Morgan fingerprint density at radius 1 is 1.22 bits per heavy atom. The molecule has 0 atom stereocenters. The van der Waals surface area contributed by atoms with Gasteiger partial charge in [-0.25, -0.2) is 4.79 Å². The number of rotatable bonds is 3. The van der Waals surface area contributed by atoms with Crippen molar-refractivity contribution in [1.82, 2.24) is 9.78 Å². The van der Waals surface area contributed by atoms with Gasteiger partial charge in [-0.2, -0.15) is 4.68 Å². The Bertz CT molecular complexity index is 693. The second-order valence-electron chi connectivity index (χ2n) is 3.95. The number of ether oxygens (including phenoxy) is 1. The maximum atomic E-state index is 11.8. The number of carbonyl (C=O) groups is 2. The second kappa shape index (κ2) is 8.27. The van der Waals surface area contributed by atoms with E-state index in [1.807, 2.05) is 13.8 Å². The largest absolute Gasteiger partial charge is 0.440 e. The number of nitro benzene ring substituents is 1. The number of nitrogens with one attached hydrogen (secondary N) is 1. The Labute approximate surface area is 132 Å². The molecule has 1 heterocycles. The van der Waals surface area contributed by atoms with Crippen molar-refractivity contribution < 1.29 is 19.2 Å². The van der Waals surface area contributed by atoms with Crippen LogP contribution in [-0.4, -0.2) is 26.7 Å². The van der Waals surface area contributed by atoms with Gasteiger partial charge in [-0.05, 0) is 12.1 Å². The SMILES string of the molecule is CC.CC(=O)Nc1ccn(C(=O)Oc2ccc([N+](=O)[O-])cc2)n1. The Kier molecular flexibility index (Phi) is 6.41. The standard InChI is InChI=1S/C12H10N4O5.C2H6/c1-8(17)13-11-6-7-15(14-11)12(18)21-10-4-2-9(3-5-10)16(19)20;1-2/h2-7H,1H3,(H,13,14,17);1-2H3. The predicted octanol–water partition coefficient (Wildman–Crippen LogP) is 2.82. The molecule has 122 valence electrons. The molecule has 0 aliphatic heterocycles. The summed E-state index contributed by atoms with van der Waals surface area (Å²) in [4.78, 5) is 32.5. The molecule has 9 nitrogen and oxygen atoms in total. The number of non-ortho nitro benzene ring substituents is 1. The normalized spacial score (nSPS) is 9.35. The lowest BCUT2D eigenvalue weighted by Gasteiger charge is -2.03. The molecule has 23 heavy (non-hydrogen) atoms. The summed E-state index contributed by atoms with van der Waals surface area (Å²) in [6.07, 6.45) is 0.513. The average Bonchev–Trinajstić information content (AvgIpc) is 2.97. The summed E-state index contributed by atoms with van der Waals surface area (Å²) < 4.78 is 5.88. The zero-order valence-electron chi connectivity index (χ0n) is 12.8. The molecular weight excluding hydrogens is 304 g/mol. The number of carbonyl (C=O) groups excluding carboxylic acids is 2. The highest BCUT2D eigenvalue weighted by Crippen LogP contribution is 2.17. The van der Waals surface area contributed by atoms with E-state index in [0.717, 1.165) is 4.68 Å². The summed E-state index contributed by atoms with van der Waals surface area (Å²) in [5.41, 5.74) is -0.109. The second-order valence-corrected chi connectivity index (χ2v) is 3.95. The quantitative estimate of drug-likeness (QED) is 0.686. The summed E-state index contributed by atoms with van der Waals surface area (Å²) >= 11 is 0. The number of hydrogen-bond donors (Lipinski definition) is 1. The van der Waals surface area contributed by atoms with Crippen molar-refractivity contribution in [3.63, 3.8) is 0 Å². The summed E-state index contributed by atoms with van der Waals surface area (Å²) in [6, 6.07) is 6.46. The molecule has 2 aromatic rings. The van der Waals surface area contributed by atoms with Crippen LogP contribution in [0.1, 0.15) is 20.8 Å². The molecule has 2 rings (SSSR count). The van der Waals surface area contributed by atoms with Gasteiger partial charge in [0.25, 0.3) is 5.69 Å². The number of hydrogen-bond acceptors (Lipinski definition) is 6. The van der Waals surface area contributed by atoms with Crippen molar-refractivity contribution in [2.45, 2.75) is 20.8 Å². The summed E-state index contributed by atoms with van der Waals surface area (Å²) in [5, 5.41) is 16.7. The first kappa shape index (κ1) is 17.8. The molecular formula is C14H16N4O5. The van der Waals surface area contributed by atoms with E-state index in [0.29, 0.717) is 0 Å². The van der Waals surface area contributed by atoms with Crippen LogP contribution in [0.15, 0.2) is 36.5 Å². The van der Waals surface area contributed by atoms with Crippen LogP contribution in [0.4, 0.5) is 16.3 Å². The van der Waals surface area contributed by atoms with Gasteiger partial charge in [0, 0.05) is 31.3 Å². The predicted molar refractivity (Wildman–Crippen MR) is 82.4 cm³/mol. The van der Waals surface area contributed by atoms with E-state index in [9.17, 15) is 19.7 Å². The average molecular weight is 320 g/mol. The van der Waals surface area contributed by atoms with Gasteiger partial charge in [0.2, 0.25) is 5.91 Å². The van der Waals surface area contributed by atoms with Crippen LogP contribution in [0.2, 0.25) is 0 Å². The summed E-state index contributed by atoms with van der Waals surface area (Å²) in [6.45, 7) is 5.31. The van der Waals surface area contributed by atoms with Gasteiger partial charge in [0.05, 0.1) is 4.92 Å². The molecule has 0 radical (unpaired) electrons. The minimum Gasteiger partial charge on any atom is -0.409 e. The fourth-order valence-corrected chi connectivity index (χ4v) is 1.46. The Balaban J connectivity index is 0.00000127. The van der Waals surface area contributed by atoms with Gasteiger partial charge < -0.3 is 10.1 Å². The molecule has 0 saturated heterocycles. The zero-order chi connectivity index (χ0) is 17.4. The van der Waals surface area contributed by atoms with Gasteiger partial charge in [0.15, 0.2) is 5.82 Å². The maximum absolute atomic E-state index is 11.8. The molecule has 1 aromatic carbocycles. The first-order valence-corrected chi connectivity index (χ1v) is 6.75. The van der Waals surface area contributed by atoms with E-state index < -0.39 is 11.0 Å². The van der Waals surface area contributed by atoms with E-state index in [-0.39, 0.29) is 23.2 Å². The van der Waals surface area contributed by atoms with Crippen molar-refractivity contribution in [1.29, 1.82) is 0 Å². The Hall–Kier alpha value is -3.23. The topological polar surface area (TPSA) is 116 Å². The van der Waals surface area contributed by atoms with Crippen LogP contribution < -0.4 is 10.1 Å². The van der Waals surface area contributed by atoms with Crippen LogP contribution in [0.5, 0.6) is 5.75 Å². The maximum Gasteiger partial charge on any atom is 0.440 e. The van der Waals surface area contributed by atoms with Crippen LogP contribution >= 0.6 is 0 Å². The molecule has 1 amide bonds. The summed E-state index contributed by atoms with van der Waals surface area (Å²) in [5.74, 6) is 0.0364. The van der Waals surface area contributed by atoms with E-state index in [1.165, 1.54) is 43.5 Å². The fourth-order valence-electron chi connectivity index (χ4n) is 1.46. The molecule has 9 heteroatoms. The van der Waals surface area contributed by atoms with Crippen molar-refractivity contribution in [2.75, 3.05) is 5.32 Å². The Morgan fingerprint density at radius 2 is 1.83 bits per heavy atom. The van der Waals surface area contributed by atoms with Crippen LogP contribution in [0.3, 0.4) is 0 Å². The van der Waals surface area contributed by atoms with Crippen LogP contribution in [0, 0.1) is 10.1 Å². The van der Waals surface area contributed by atoms with Gasteiger partial charge in [-0.1, -0.05) is 13.8 Å². The number of aromatic nitrogens is 2. The van der Waals surface area contributed by atoms with Crippen LogP contribution in [0.25, 0.3) is 0 Å². The van der Waals surface area contributed by atoms with Crippen molar-refractivity contribution in [3.8, 4) is 5.75 Å². The molecule has 0 aliphatic carbocycles. The third kappa shape index (κ3) is 5.23. The number of nitro groups is 1. The van der Waals surface area contributed by atoms with Crippen LogP contribution in [-0.2, 0) is 4.79 Å². The Morgan fingerprint density at radius 3 is 2.35 bits per heavy atom. The van der Waals surface area contributed by atoms with Crippen molar-refractivity contribution in [2.24, 2.45) is 0 Å². The van der Waals surface area contributed by atoms with Gasteiger partial charge in [-0.15, -0.1) is 5.10 Å². The van der Waals surface area contributed by atoms with Gasteiger partial charge in [0.1, 0.15) is 5.75 Å². The molecule has 0 aliphatic rings.